The Morgan fingerprint density at radius 1 is 0.833 bits per heavy atom. The zero-order chi connectivity index (χ0) is 13.4. The molecule has 1 aromatic rings. The van der Waals surface area contributed by atoms with Crippen LogP contribution in [0.3, 0.4) is 0 Å². The predicted octanol–water partition coefficient (Wildman–Crippen LogP) is 1.97. The first kappa shape index (κ1) is 13.8. The largest absolute Gasteiger partial charge is 0.338 e. The quantitative estimate of drug-likeness (QED) is 0.659. The van der Waals surface area contributed by atoms with E-state index in [1.807, 2.05) is 13.8 Å². The summed E-state index contributed by atoms with van der Waals surface area (Å²) in [6.07, 6.45) is 0. The van der Waals surface area contributed by atoms with Crippen LogP contribution in [0.15, 0.2) is 24.3 Å². The Hall–Kier alpha value is -2.24. The fourth-order valence-corrected chi connectivity index (χ4v) is 1.31. The lowest BCUT2D eigenvalue weighted by Gasteiger charge is -2.08. The Balaban J connectivity index is 2.52. The molecule has 0 bridgehead atoms. The van der Waals surface area contributed by atoms with Crippen molar-refractivity contribution in [3.8, 4) is 0 Å². The summed E-state index contributed by atoms with van der Waals surface area (Å²) in [5.74, 6) is 0. The van der Waals surface area contributed by atoms with Gasteiger partial charge in [-0.3, -0.25) is 0 Å². The fraction of sp³-hybridized carbons (Fsp3) is 0.333. The molecule has 98 valence electrons. The average Bonchev–Trinajstić information content (AvgIpc) is 2.32. The first-order valence-electron chi connectivity index (χ1n) is 5.85. The topological polar surface area (TPSA) is 82.3 Å². The van der Waals surface area contributed by atoms with E-state index in [-0.39, 0.29) is 12.1 Å². The fourth-order valence-electron chi connectivity index (χ4n) is 1.31. The van der Waals surface area contributed by atoms with Gasteiger partial charge in [-0.2, -0.15) is 0 Å². The summed E-state index contributed by atoms with van der Waals surface area (Å²) in [5.41, 5.74) is 1.34. The molecule has 6 nitrogen and oxygen atoms in total. The summed E-state index contributed by atoms with van der Waals surface area (Å²) < 4.78 is 0. The lowest BCUT2D eigenvalue weighted by Crippen LogP contribution is -2.28. The van der Waals surface area contributed by atoms with Crippen molar-refractivity contribution >= 4 is 23.4 Å². The molecule has 1 rings (SSSR count). The van der Waals surface area contributed by atoms with Crippen molar-refractivity contribution in [1.82, 2.24) is 10.6 Å². The lowest BCUT2D eigenvalue weighted by molar-refractivity contribution is 0.251. The number of carbonyl (C=O) groups is 2. The first-order chi connectivity index (χ1) is 8.65. The third-order valence-corrected chi connectivity index (χ3v) is 2.08. The second kappa shape index (κ2) is 7.16. The molecule has 6 heteroatoms. The van der Waals surface area contributed by atoms with E-state index in [0.29, 0.717) is 24.5 Å². The first-order valence-corrected chi connectivity index (χ1v) is 5.85. The van der Waals surface area contributed by atoms with Gasteiger partial charge < -0.3 is 21.3 Å². The number of hydrogen-bond donors (Lipinski definition) is 4. The molecule has 0 aliphatic rings. The molecular weight excluding hydrogens is 232 g/mol. The van der Waals surface area contributed by atoms with Gasteiger partial charge in [-0.05, 0) is 38.1 Å². The van der Waals surface area contributed by atoms with E-state index in [1.54, 1.807) is 24.3 Å². The molecule has 0 saturated heterocycles. The maximum Gasteiger partial charge on any atom is 0.319 e. The normalized spacial score (nSPS) is 9.44. The smallest absolute Gasteiger partial charge is 0.319 e. The van der Waals surface area contributed by atoms with Gasteiger partial charge in [0.25, 0.3) is 0 Å². The summed E-state index contributed by atoms with van der Waals surface area (Å²) in [6.45, 7) is 4.84. The number of rotatable bonds is 4. The summed E-state index contributed by atoms with van der Waals surface area (Å²) in [4.78, 5) is 22.5. The van der Waals surface area contributed by atoms with Crippen LogP contribution in [0.2, 0.25) is 0 Å². The number of carbonyl (C=O) groups excluding carboxylic acids is 2. The van der Waals surface area contributed by atoms with Gasteiger partial charge in [0, 0.05) is 24.5 Å². The number of hydrogen-bond acceptors (Lipinski definition) is 2. The summed E-state index contributed by atoms with van der Waals surface area (Å²) in [5, 5.41) is 10.6. The van der Waals surface area contributed by atoms with Gasteiger partial charge >= 0.3 is 12.1 Å². The maximum atomic E-state index is 11.3. The van der Waals surface area contributed by atoms with E-state index in [4.69, 9.17) is 0 Å². The zero-order valence-electron chi connectivity index (χ0n) is 10.5. The molecule has 4 amide bonds. The zero-order valence-corrected chi connectivity index (χ0v) is 10.5. The van der Waals surface area contributed by atoms with E-state index in [9.17, 15) is 9.59 Å². The third kappa shape index (κ3) is 4.73. The van der Waals surface area contributed by atoms with Crippen molar-refractivity contribution in [3.05, 3.63) is 24.3 Å². The van der Waals surface area contributed by atoms with E-state index >= 15 is 0 Å². The van der Waals surface area contributed by atoms with Crippen LogP contribution in [0.1, 0.15) is 13.8 Å². The molecule has 0 aromatic heterocycles. The van der Waals surface area contributed by atoms with Crippen molar-refractivity contribution in [1.29, 1.82) is 0 Å². The summed E-state index contributed by atoms with van der Waals surface area (Å²) in [7, 11) is 0. The molecule has 0 radical (unpaired) electrons. The van der Waals surface area contributed by atoms with Crippen LogP contribution in [0.5, 0.6) is 0 Å². The average molecular weight is 250 g/mol. The van der Waals surface area contributed by atoms with Gasteiger partial charge in [-0.1, -0.05) is 0 Å². The highest BCUT2D eigenvalue weighted by Gasteiger charge is 2.01. The molecule has 0 heterocycles. The molecule has 4 N–H and O–H groups in total. The predicted molar refractivity (Wildman–Crippen MR) is 71.8 cm³/mol. The van der Waals surface area contributed by atoms with Gasteiger partial charge in [0.15, 0.2) is 0 Å². The van der Waals surface area contributed by atoms with Gasteiger partial charge in [0.05, 0.1) is 0 Å². The van der Waals surface area contributed by atoms with E-state index in [0.717, 1.165) is 0 Å². The van der Waals surface area contributed by atoms with Gasteiger partial charge in [-0.25, -0.2) is 9.59 Å². The minimum atomic E-state index is -0.248. The Morgan fingerprint density at radius 2 is 1.17 bits per heavy atom. The van der Waals surface area contributed by atoms with Crippen molar-refractivity contribution in [2.75, 3.05) is 23.7 Å². The Bertz CT molecular complexity index is 364. The minimum Gasteiger partial charge on any atom is -0.338 e. The molecule has 1 aromatic carbocycles. The van der Waals surface area contributed by atoms with E-state index in [1.165, 1.54) is 0 Å². The van der Waals surface area contributed by atoms with Crippen LogP contribution >= 0.6 is 0 Å². The van der Waals surface area contributed by atoms with Crippen LogP contribution in [-0.2, 0) is 0 Å². The van der Waals surface area contributed by atoms with Crippen LogP contribution in [0, 0.1) is 0 Å². The second-order valence-corrected chi connectivity index (χ2v) is 3.55. The Labute approximate surface area is 106 Å². The van der Waals surface area contributed by atoms with Crippen LogP contribution < -0.4 is 21.3 Å². The van der Waals surface area contributed by atoms with Crippen molar-refractivity contribution in [3.63, 3.8) is 0 Å². The third-order valence-electron chi connectivity index (χ3n) is 2.08. The van der Waals surface area contributed by atoms with Gasteiger partial charge in [0.2, 0.25) is 0 Å². The minimum absolute atomic E-state index is 0.248. The number of nitrogens with one attached hydrogen (secondary N) is 4. The number of benzene rings is 1. The Kier molecular flexibility index (Phi) is 5.50. The number of anilines is 2. The molecule has 18 heavy (non-hydrogen) atoms. The highest BCUT2D eigenvalue weighted by Crippen LogP contribution is 2.13. The van der Waals surface area contributed by atoms with Crippen molar-refractivity contribution in [2.24, 2.45) is 0 Å². The molecule has 0 aliphatic carbocycles. The molecular formula is C12H18N4O2. The summed E-state index contributed by atoms with van der Waals surface area (Å²) in [6, 6.07) is 6.38. The highest BCUT2D eigenvalue weighted by atomic mass is 16.2. The van der Waals surface area contributed by atoms with Crippen LogP contribution in [0.25, 0.3) is 0 Å². The molecule has 0 atom stereocenters. The maximum absolute atomic E-state index is 11.3. The highest BCUT2D eigenvalue weighted by molar-refractivity contribution is 5.91. The lowest BCUT2D eigenvalue weighted by atomic mass is 10.3. The monoisotopic (exact) mass is 250 g/mol. The molecule has 0 aliphatic heterocycles. The SMILES string of the molecule is CCNC(=O)Nc1ccc(NC(=O)NCC)cc1. The standard InChI is InChI=1S/C12H18N4O2/c1-3-13-11(17)15-9-5-7-10(8-6-9)16-12(18)14-4-2/h5-8H,3-4H2,1-2H3,(H2,13,15,17)(H2,14,16,18). The van der Waals surface area contributed by atoms with E-state index < -0.39 is 0 Å². The molecule has 0 fully saturated rings. The number of urea groups is 2. The summed E-state index contributed by atoms with van der Waals surface area (Å²) >= 11 is 0. The van der Waals surface area contributed by atoms with Gasteiger partial charge in [-0.15, -0.1) is 0 Å². The molecule has 0 saturated carbocycles. The van der Waals surface area contributed by atoms with Crippen molar-refractivity contribution in [2.45, 2.75) is 13.8 Å². The van der Waals surface area contributed by atoms with Crippen molar-refractivity contribution < 1.29 is 9.59 Å². The van der Waals surface area contributed by atoms with Crippen LogP contribution in [-0.4, -0.2) is 25.2 Å². The second-order valence-electron chi connectivity index (χ2n) is 3.55. The van der Waals surface area contributed by atoms with E-state index in [2.05, 4.69) is 21.3 Å². The number of amides is 4. The Morgan fingerprint density at radius 3 is 1.44 bits per heavy atom. The molecule has 0 unspecified atom stereocenters. The molecule has 0 spiro atoms. The van der Waals surface area contributed by atoms with Gasteiger partial charge in [0.1, 0.15) is 0 Å². The van der Waals surface area contributed by atoms with Crippen LogP contribution in [0.4, 0.5) is 21.0 Å².